The van der Waals surface area contributed by atoms with E-state index < -0.39 is 22.9 Å². The average molecular weight is 201 g/mol. The zero-order chi connectivity index (χ0) is 10.5. The fourth-order valence-electron chi connectivity index (χ4n) is 1.80. The second-order valence-corrected chi connectivity index (χ2v) is 4.15. The lowest BCUT2D eigenvalue weighted by molar-refractivity contribution is 0.428. The second kappa shape index (κ2) is 2.65. The zero-order valence-corrected chi connectivity index (χ0v) is 7.92. The molecule has 1 heterocycles. The quantitative estimate of drug-likeness (QED) is 0.636. The molecule has 0 saturated carbocycles. The van der Waals surface area contributed by atoms with Crippen molar-refractivity contribution in [3.63, 3.8) is 0 Å². The lowest BCUT2D eigenvalue weighted by Gasteiger charge is -2.17. The lowest BCUT2D eigenvalue weighted by Crippen LogP contribution is -2.20. The van der Waals surface area contributed by atoms with Crippen LogP contribution >= 0.6 is 0 Å². The molecule has 1 aromatic rings. The summed E-state index contributed by atoms with van der Waals surface area (Å²) in [4.78, 5) is 0. The van der Waals surface area contributed by atoms with Gasteiger partial charge in [-0.3, -0.25) is 0 Å². The fourth-order valence-corrected chi connectivity index (χ4v) is 1.80. The molecule has 0 unspecified atom stereocenters. The van der Waals surface area contributed by atoms with Crippen molar-refractivity contribution in [3.05, 3.63) is 29.1 Å². The Morgan fingerprint density at radius 2 is 1.86 bits per heavy atom. The van der Waals surface area contributed by atoms with Gasteiger partial charge in [0.2, 0.25) is 0 Å². The molecule has 0 fully saturated rings. The van der Waals surface area contributed by atoms with Gasteiger partial charge in [-0.1, -0.05) is 13.8 Å². The normalized spacial score (nSPS) is 17.8. The maximum atomic E-state index is 13.4. The van der Waals surface area contributed by atoms with E-state index in [2.05, 4.69) is 5.32 Å². The highest BCUT2D eigenvalue weighted by Gasteiger charge is 2.35. The first-order chi connectivity index (χ1) is 6.43. The molecule has 4 heteroatoms. The number of halogens is 3. The van der Waals surface area contributed by atoms with E-state index in [1.165, 1.54) is 0 Å². The third kappa shape index (κ3) is 1.10. The molecule has 14 heavy (non-hydrogen) atoms. The maximum Gasteiger partial charge on any atom is 0.194 e. The monoisotopic (exact) mass is 201 g/mol. The summed E-state index contributed by atoms with van der Waals surface area (Å²) in [5.41, 5.74) is 0.0938. The largest absolute Gasteiger partial charge is 0.384 e. The van der Waals surface area contributed by atoms with Crippen LogP contribution in [0.3, 0.4) is 0 Å². The summed E-state index contributed by atoms with van der Waals surface area (Å²) < 4.78 is 39.2. The molecular weight excluding hydrogens is 191 g/mol. The van der Waals surface area contributed by atoms with Gasteiger partial charge in [0.25, 0.3) is 0 Å². The maximum absolute atomic E-state index is 13.4. The van der Waals surface area contributed by atoms with Crippen LogP contribution in [0.1, 0.15) is 19.4 Å². The van der Waals surface area contributed by atoms with Crippen molar-refractivity contribution in [2.24, 2.45) is 0 Å². The van der Waals surface area contributed by atoms with Gasteiger partial charge < -0.3 is 5.32 Å². The van der Waals surface area contributed by atoms with E-state index in [0.717, 1.165) is 6.07 Å². The Labute approximate surface area is 79.9 Å². The third-order valence-corrected chi connectivity index (χ3v) is 2.56. The van der Waals surface area contributed by atoms with Crippen molar-refractivity contribution in [1.82, 2.24) is 0 Å². The number of hydrogen-bond acceptors (Lipinski definition) is 1. The van der Waals surface area contributed by atoms with Crippen molar-refractivity contribution >= 4 is 5.69 Å². The standard InChI is InChI=1S/C10H10F3N/c1-10(2)4-14-6-3-5(11)8(12)9(13)7(6)10/h3,14H,4H2,1-2H3. The number of anilines is 1. The minimum Gasteiger partial charge on any atom is -0.384 e. The van der Waals surface area contributed by atoms with Gasteiger partial charge in [-0.15, -0.1) is 0 Å². The average Bonchev–Trinajstić information content (AvgIpc) is 2.38. The Balaban J connectivity index is 2.73. The topological polar surface area (TPSA) is 12.0 Å². The van der Waals surface area contributed by atoms with Crippen LogP contribution in [0.25, 0.3) is 0 Å². The summed E-state index contributed by atoms with van der Waals surface area (Å²) >= 11 is 0. The van der Waals surface area contributed by atoms with Crippen molar-refractivity contribution in [3.8, 4) is 0 Å². The van der Waals surface area contributed by atoms with Crippen molar-refractivity contribution in [1.29, 1.82) is 0 Å². The molecule has 0 amide bonds. The molecule has 1 aromatic carbocycles. The van der Waals surface area contributed by atoms with Crippen LogP contribution in [0.2, 0.25) is 0 Å². The first-order valence-electron chi connectivity index (χ1n) is 4.35. The molecule has 0 aliphatic carbocycles. The summed E-state index contributed by atoms with van der Waals surface area (Å²) in [7, 11) is 0. The van der Waals surface area contributed by atoms with Gasteiger partial charge in [0.05, 0.1) is 0 Å². The van der Waals surface area contributed by atoms with Gasteiger partial charge in [-0.25, -0.2) is 13.2 Å². The van der Waals surface area contributed by atoms with Crippen LogP contribution in [0.15, 0.2) is 6.07 Å². The second-order valence-electron chi connectivity index (χ2n) is 4.15. The Morgan fingerprint density at radius 1 is 1.21 bits per heavy atom. The van der Waals surface area contributed by atoms with Crippen molar-refractivity contribution < 1.29 is 13.2 Å². The molecule has 1 aliphatic rings. The number of hydrogen-bond donors (Lipinski definition) is 1. The summed E-state index contributed by atoms with van der Waals surface area (Å²) in [5, 5.41) is 2.85. The van der Waals surface area contributed by atoms with Crippen molar-refractivity contribution in [2.75, 3.05) is 11.9 Å². The SMILES string of the molecule is CC1(C)CNc2cc(F)c(F)c(F)c21. The highest BCUT2D eigenvalue weighted by molar-refractivity contribution is 5.60. The lowest BCUT2D eigenvalue weighted by atomic mass is 9.86. The van der Waals surface area contributed by atoms with Crippen LogP contribution < -0.4 is 5.32 Å². The van der Waals surface area contributed by atoms with E-state index in [1.807, 2.05) is 0 Å². The molecule has 1 nitrogen and oxygen atoms in total. The van der Waals surface area contributed by atoms with Crippen LogP contribution in [0.4, 0.5) is 18.9 Å². The Kier molecular flexibility index (Phi) is 1.77. The van der Waals surface area contributed by atoms with E-state index in [9.17, 15) is 13.2 Å². The van der Waals surface area contributed by atoms with E-state index in [-0.39, 0.29) is 5.56 Å². The van der Waals surface area contributed by atoms with E-state index in [4.69, 9.17) is 0 Å². The number of fused-ring (bicyclic) bond motifs is 1. The fraction of sp³-hybridized carbons (Fsp3) is 0.400. The highest BCUT2D eigenvalue weighted by atomic mass is 19.2. The predicted octanol–water partition coefficient (Wildman–Crippen LogP) is 2.81. The minimum atomic E-state index is -1.39. The third-order valence-electron chi connectivity index (χ3n) is 2.56. The predicted molar refractivity (Wildman–Crippen MR) is 47.8 cm³/mol. The van der Waals surface area contributed by atoms with Gasteiger partial charge in [0, 0.05) is 29.3 Å². The molecule has 2 rings (SSSR count). The molecule has 1 aliphatic heterocycles. The Hall–Kier alpha value is -1.19. The zero-order valence-electron chi connectivity index (χ0n) is 7.92. The van der Waals surface area contributed by atoms with Crippen LogP contribution in [-0.2, 0) is 5.41 Å². The summed E-state index contributed by atoms with van der Waals surface area (Å²) in [6.07, 6.45) is 0. The molecule has 0 radical (unpaired) electrons. The van der Waals surface area contributed by atoms with Gasteiger partial charge in [0.1, 0.15) is 0 Å². The summed E-state index contributed by atoms with van der Waals surface area (Å²) in [6, 6.07) is 1.00. The molecule has 0 aromatic heterocycles. The number of rotatable bonds is 0. The number of nitrogens with one attached hydrogen (secondary N) is 1. The molecule has 0 bridgehead atoms. The van der Waals surface area contributed by atoms with Crippen LogP contribution in [0, 0.1) is 17.5 Å². The number of benzene rings is 1. The smallest absolute Gasteiger partial charge is 0.194 e. The molecular formula is C10H10F3N. The first-order valence-corrected chi connectivity index (χ1v) is 4.35. The van der Waals surface area contributed by atoms with Crippen LogP contribution in [0.5, 0.6) is 0 Å². The van der Waals surface area contributed by atoms with Gasteiger partial charge in [-0.05, 0) is 0 Å². The molecule has 76 valence electrons. The summed E-state index contributed by atoms with van der Waals surface area (Å²) in [5.74, 6) is -3.61. The first kappa shape index (κ1) is 9.37. The highest BCUT2D eigenvalue weighted by Crippen LogP contribution is 2.39. The van der Waals surface area contributed by atoms with E-state index in [0.29, 0.717) is 12.2 Å². The Morgan fingerprint density at radius 3 is 2.50 bits per heavy atom. The molecule has 0 saturated heterocycles. The summed E-state index contributed by atoms with van der Waals surface area (Å²) in [6.45, 7) is 4.06. The van der Waals surface area contributed by atoms with E-state index >= 15 is 0 Å². The Bertz CT molecular complexity index is 399. The van der Waals surface area contributed by atoms with Gasteiger partial charge in [0.15, 0.2) is 17.5 Å². The molecule has 0 atom stereocenters. The molecule has 0 spiro atoms. The minimum absolute atomic E-state index is 0.233. The van der Waals surface area contributed by atoms with Crippen LogP contribution in [-0.4, -0.2) is 6.54 Å². The van der Waals surface area contributed by atoms with Crippen molar-refractivity contribution in [2.45, 2.75) is 19.3 Å². The van der Waals surface area contributed by atoms with Gasteiger partial charge >= 0.3 is 0 Å². The molecule has 1 N–H and O–H groups in total. The van der Waals surface area contributed by atoms with E-state index in [1.54, 1.807) is 13.8 Å². The van der Waals surface area contributed by atoms with Gasteiger partial charge in [-0.2, -0.15) is 0 Å².